The molecule has 1 atom stereocenters. The molecule has 2 rings (SSSR count). The highest BCUT2D eigenvalue weighted by Gasteiger charge is 2.26. The van der Waals surface area contributed by atoms with E-state index in [9.17, 15) is 9.59 Å². The van der Waals surface area contributed by atoms with E-state index in [2.05, 4.69) is 0 Å². The number of carboxylic acids is 1. The van der Waals surface area contributed by atoms with Crippen LogP contribution >= 0.6 is 0 Å². The molecule has 0 aromatic carbocycles. The zero-order chi connectivity index (χ0) is 13.8. The Balaban J connectivity index is 2.07. The van der Waals surface area contributed by atoms with E-state index >= 15 is 0 Å². The molecular formula is C13H18N2O4. The van der Waals surface area contributed by atoms with Gasteiger partial charge in [-0.15, -0.1) is 0 Å². The van der Waals surface area contributed by atoms with Crippen LogP contribution in [0.3, 0.4) is 0 Å². The molecule has 6 heteroatoms. The van der Waals surface area contributed by atoms with E-state index in [1.807, 2.05) is 6.92 Å². The van der Waals surface area contributed by atoms with Gasteiger partial charge in [0.15, 0.2) is 0 Å². The molecule has 1 aliphatic heterocycles. The van der Waals surface area contributed by atoms with Crippen LogP contribution in [0.5, 0.6) is 0 Å². The van der Waals surface area contributed by atoms with Crippen LogP contribution in [0.2, 0.25) is 0 Å². The minimum Gasteiger partial charge on any atom is -0.477 e. The summed E-state index contributed by atoms with van der Waals surface area (Å²) in [7, 11) is 0. The summed E-state index contributed by atoms with van der Waals surface area (Å²) < 4.78 is 6.82. The third kappa shape index (κ3) is 2.96. The predicted molar refractivity (Wildman–Crippen MR) is 68.0 cm³/mol. The fourth-order valence-electron chi connectivity index (χ4n) is 2.30. The van der Waals surface area contributed by atoms with Gasteiger partial charge < -0.3 is 19.3 Å². The van der Waals surface area contributed by atoms with E-state index in [0.29, 0.717) is 19.8 Å². The van der Waals surface area contributed by atoms with Crippen molar-refractivity contribution >= 4 is 11.9 Å². The Morgan fingerprint density at radius 3 is 3.00 bits per heavy atom. The van der Waals surface area contributed by atoms with E-state index < -0.39 is 5.97 Å². The summed E-state index contributed by atoms with van der Waals surface area (Å²) >= 11 is 0. The predicted octanol–water partition coefficient (Wildman–Crippen LogP) is 0.824. The maximum atomic E-state index is 12.3. The molecule has 1 aromatic rings. The quantitative estimate of drug-likeness (QED) is 0.876. The number of hydrogen-bond acceptors (Lipinski definition) is 3. The van der Waals surface area contributed by atoms with Crippen molar-refractivity contribution in [2.45, 2.75) is 25.9 Å². The number of carbonyl (C=O) groups is 2. The van der Waals surface area contributed by atoms with Gasteiger partial charge >= 0.3 is 5.97 Å². The largest absolute Gasteiger partial charge is 0.477 e. The fraction of sp³-hybridized carbons (Fsp3) is 0.538. The molecule has 0 bridgehead atoms. The van der Waals surface area contributed by atoms with E-state index in [1.54, 1.807) is 17.2 Å². The molecule has 19 heavy (non-hydrogen) atoms. The molecular weight excluding hydrogens is 248 g/mol. The summed E-state index contributed by atoms with van der Waals surface area (Å²) in [6, 6.07) is 3.21. The number of amides is 1. The van der Waals surface area contributed by atoms with Crippen LogP contribution < -0.4 is 0 Å². The Hall–Kier alpha value is -1.82. The first kappa shape index (κ1) is 13.6. The molecule has 1 saturated heterocycles. The summed E-state index contributed by atoms with van der Waals surface area (Å²) in [4.78, 5) is 25.0. The molecule has 0 aliphatic carbocycles. The molecule has 1 aromatic heterocycles. The van der Waals surface area contributed by atoms with Gasteiger partial charge in [0.05, 0.1) is 19.3 Å². The van der Waals surface area contributed by atoms with Gasteiger partial charge in [0.25, 0.3) is 0 Å². The van der Waals surface area contributed by atoms with Gasteiger partial charge in [0.2, 0.25) is 5.91 Å². The van der Waals surface area contributed by atoms with Crippen LogP contribution in [0.1, 0.15) is 23.8 Å². The van der Waals surface area contributed by atoms with Crippen LogP contribution in [0.25, 0.3) is 0 Å². The number of nitrogens with zero attached hydrogens (tertiary/aromatic N) is 2. The summed E-state index contributed by atoms with van der Waals surface area (Å²) in [5, 5.41) is 9.01. The Morgan fingerprint density at radius 2 is 2.32 bits per heavy atom. The monoisotopic (exact) mass is 266 g/mol. The minimum absolute atomic E-state index is 0.0606. The lowest BCUT2D eigenvalue weighted by Gasteiger charge is -2.35. The van der Waals surface area contributed by atoms with Crippen LogP contribution in [-0.4, -0.2) is 52.3 Å². The van der Waals surface area contributed by atoms with Gasteiger partial charge in [0.1, 0.15) is 12.2 Å². The third-order valence-electron chi connectivity index (χ3n) is 3.37. The molecule has 1 amide bonds. The Morgan fingerprint density at radius 1 is 1.53 bits per heavy atom. The van der Waals surface area contributed by atoms with Gasteiger partial charge in [-0.2, -0.15) is 0 Å². The standard InChI is InChI=1S/C13H18N2O4/c1-2-10-9-19-7-6-15(10)12(16)8-14-5-3-4-11(14)13(17)18/h3-5,10H,2,6-9H2,1H3,(H,17,18). The lowest BCUT2D eigenvalue weighted by molar-refractivity contribution is -0.140. The molecule has 1 fully saturated rings. The number of rotatable bonds is 4. The minimum atomic E-state index is -1.02. The first-order chi connectivity index (χ1) is 9.13. The van der Waals surface area contributed by atoms with Gasteiger partial charge in [-0.05, 0) is 18.6 Å². The number of aromatic nitrogens is 1. The van der Waals surface area contributed by atoms with Crippen LogP contribution in [0.15, 0.2) is 18.3 Å². The van der Waals surface area contributed by atoms with Gasteiger partial charge in [-0.1, -0.05) is 6.92 Å². The number of carboxylic acid groups (broad SMARTS) is 1. The Labute approximate surface area is 111 Å². The Kier molecular flexibility index (Phi) is 4.21. The highest BCUT2D eigenvalue weighted by Crippen LogP contribution is 2.12. The lowest BCUT2D eigenvalue weighted by atomic mass is 10.2. The topological polar surface area (TPSA) is 71.8 Å². The molecule has 104 valence electrons. The highest BCUT2D eigenvalue weighted by molar-refractivity contribution is 5.87. The molecule has 1 N–H and O–H groups in total. The lowest BCUT2D eigenvalue weighted by Crippen LogP contribution is -2.49. The van der Waals surface area contributed by atoms with Gasteiger partial charge in [-0.25, -0.2) is 4.79 Å². The summed E-state index contributed by atoms with van der Waals surface area (Å²) in [5.41, 5.74) is 0.134. The number of morpholine rings is 1. The van der Waals surface area contributed by atoms with E-state index in [0.717, 1.165) is 6.42 Å². The van der Waals surface area contributed by atoms with Crippen LogP contribution in [0.4, 0.5) is 0 Å². The second-order valence-corrected chi connectivity index (χ2v) is 4.55. The van der Waals surface area contributed by atoms with Gasteiger partial charge in [-0.3, -0.25) is 4.79 Å². The maximum absolute atomic E-state index is 12.3. The molecule has 1 unspecified atom stereocenters. The number of ether oxygens (including phenoxy) is 1. The summed E-state index contributed by atoms with van der Waals surface area (Å²) in [5.74, 6) is -1.08. The smallest absolute Gasteiger partial charge is 0.352 e. The molecule has 0 radical (unpaired) electrons. The van der Waals surface area contributed by atoms with Crippen LogP contribution in [-0.2, 0) is 16.1 Å². The van der Waals surface area contributed by atoms with E-state index in [4.69, 9.17) is 9.84 Å². The zero-order valence-electron chi connectivity index (χ0n) is 10.9. The first-order valence-corrected chi connectivity index (χ1v) is 6.39. The van der Waals surface area contributed by atoms with Gasteiger partial charge in [0, 0.05) is 12.7 Å². The SMILES string of the molecule is CCC1COCCN1C(=O)Cn1cccc1C(=O)O. The van der Waals surface area contributed by atoms with Crippen molar-refractivity contribution in [2.24, 2.45) is 0 Å². The van der Waals surface area contributed by atoms with Crippen molar-refractivity contribution in [3.8, 4) is 0 Å². The normalized spacial score (nSPS) is 19.4. The van der Waals surface area contributed by atoms with Crippen molar-refractivity contribution < 1.29 is 19.4 Å². The average Bonchev–Trinajstić information content (AvgIpc) is 2.87. The number of hydrogen-bond donors (Lipinski definition) is 1. The van der Waals surface area contributed by atoms with Crippen molar-refractivity contribution in [3.05, 3.63) is 24.0 Å². The second-order valence-electron chi connectivity index (χ2n) is 4.55. The molecule has 0 spiro atoms. The second kappa shape index (κ2) is 5.88. The van der Waals surface area contributed by atoms with Crippen molar-refractivity contribution in [1.82, 2.24) is 9.47 Å². The van der Waals surface area contributed by atoms with Crippen LogP contribution in [0, 0.1) is 0 Å². The molecule has 2 heterocycles. The van der Waals surface area contributed by atoms with Crippen molar-refractivity contribution in [2.75, 3.05) is 19.8 Å². The molecule has 0 saturated carbocycles. The first-order valence-electron chi connectivity index (χ1n) is 6.39. The van der Waals surface area contributed by atoms with Crippen molar-refractivity contribution in [3.63, 3.8) is 0 Å². The molecule has 1 aliphatic rings. The average molecular weight is 266 g/mol. The Bertz CT molecular complexity index is 469. The zero-order valence-corrected chi connectivity index (χ0v) is 10.9. The number of aromatic carboxylic acids is 1. The summed E-state index contributed by atoms with van der Waals surface area (Å²) in [6.07, 6.45) is 2.45. The van der Waals surface area contributed by atoms with E-state index in [-0.39, 0.29) is 24.2 Å². The number of carbonyl (C=O) groups excluding carboxylic acids is 1. The molecule has 6 nitrogen and oxygen atoms in total. The maximum Gasteiger partial charge on any atom is 0.352 e. The van der Waals surface area contributed by atoms with Crippen molar-refractivity contribution in [1.29, 1.82) is 0 Å². The fourth-order valence-corrected chi connectivity index (χ4v) is 2.30. The summed E-state index contributed by atoms with van der Waals surface area (Å²) in [6.45, 7) is 3.74. The highest BCUT2D eigenvalue weighted by atomic mass is 16.5. The van der Waals surface area contributed by atoms with E-state index in [1.165, 1.54) is 10.6 Å². The third-order valence-corrected chi connectivity index (χ3v) is 3.37.